The Kier molecular flexibility index (Phi) is 6.65. The van der Waals surface area contributed by atoms with Crippen LogP contribution < -0.4 is 0 Å². The van der Waals surface area contributed by atoms with Gasteiger partial charge in [0.25, 0.3) is 0 Å². The van der Waals surface area contributed by atoms with Crippen molar-refractivity contribution in [3.63, 3.8) is 0 Å². The number of rotatable bonds is 6. The largest absolute Gasteiger partial charge is 0.488 e. The average molecular weight is 503 g/mol. The lowest BCUT2D eigenvalue weighted by molar-refractivity contribution is 0.199. The molecule has 0 spiro atoms. The average Bonchev–Trinajstić information content (AvgIpc) is 2.64. The van der Waals surface area contributed by atoms with Crippen molar-refractivity contribution in [2.75, 3.05) is 6.54 Å². The number of alkyl halides is 1. The molecule has 2 aromatic rings. The zero-order valence-corrected chi connectivity index (χ0v) is 17.4. The first kappa shape index (κ1) is 20.0. The van der Waals surface area contributed by atoms with E-state index in [1.165, 1.54) is 12.1 Å². The Morgan fingerprint density at radius 1 is 1.04 bits per heavy atom. The third-order valence-corrected chi connectivity index (χ3v) is 5.37. The van der Waals surface area contributed by atoms with Gasteiger partial charge in [0.15, 0.2) is 0 Å². The molecular weight excluding hydrogens is 487 g/mol. The van der Waals surface area contributed by atoms with Crippen LogP contribution >= 0.6 is 31.9 Å². The Morgan fingerprint density at radius 2 is 1.81 bits per heavy atom. The molecule has 3 rings (SSSR count). The van der Waals surface area contributed by atoms with Crippen LogP contribution in [0.15, 0.2) is 58.9 Å². The van der Waals surface area contributed by atoms with Crippen LogP contribution in [0.25, 0.3) is 0 Å². The molecular formula is C20H16Br2F3NO. The summed E-state index contributed by atoms with van der Waals surface area (Å²) in [6.45, 7) is 0.899. The lowest BCUT2D eigenvalue weighted by Gasteiger charge is -2.25. The molecule has 27 heavy (non-hydrogen) atoms. The molecule has 0 bridgehead atoms. The van der Waals surface area contributed by atoms with Gasteiger partial charge in [0, 0.05) is 35.3 Å². The molecule has 1 heterocycles. The maximum absolute atomic E-state index is 14.4. The van der Waals surface area contributed by atoms with Crippen molar-refractivity contribution in [2.45, 2.75) is 18.5 Å². The number of ether oxygens (including phenoxy) is 1. The Morgan fingerprint density at radius 3 is 2.52 bits per heavy atom. The van der Waals surface area contributed by atoms with Crippen LogP contribution in [-0.4, -0.2) is 11.4 Å². The van der Waals surface area contributed by atoms with Crippen molar-refractivity contribution >= 4 is 31.9 Å². The van der Waals surface area contributed by atoms with Gasteiger partial charge in [-0.25, -0.2) is 13.2 Å². The molecule has 0 amide bonds. The van der Waals surface area contributed by atoms with Gasteiger partial charge >= 0.3 is 0 Å². The molecule has 2 nitrogen and oxygen atoms in total. The second-order valence-electron chi connectivity index (χ2n) is 6.04. The van der Waals surface area contributed by atoms with E-state index in [9.17, 15) is 13.2 Å². The lowest BCUT2D eigenvalue weighted by Crippen LogP contribution is -2.22. The Bertz CT molecular complexity index is 899. The molecule has 0 atom stereocenters. The molecule has 7 heteroatoms. The molecule has 0 saturated carbocycles. The normalized spacial score (nSPS) is 14.0. The second kappa shape index (κ2) is 8.97. The van der Waals surface area contributed by atoms with Crippen molar-refractivity contribution in [2.24, 2.45) is 0 Å². The van der Waals surface area contributed by atoms with E-state index in [1.54, 1.807) is 24.4 Å². The van der Waals surface area contributed by atoms with Crippen LogP contribution in [0.5, 0.6) is 0 Å². The number of halogens is 5. The van der Waals surface area contributed by atoms with Crippen molar-refractivity contribution in [1.82, 2.24) is 4.90 Å². The summed E-state index contributed by atoms with van der Waals surface area (Å²) in [4.78, 5) is 1.94. The van der Waals surface area contributed by atoms with E-state index in [0.29, 0.717) is 35.3 Å². The van der Waals surface area contributed by atoms with E-state index in [4.69, 9.17) is 4.74 Å². The van der Waals surface area contributed by atoms with Crippen LogP contribution in [0.2, 0.25) is 0 Å². The van der Waals surface area contributed by atoms with Crippen molar-refractivity contribution in [1.29, 1.82) is 0 Å². The fourth-order valence-corrected chi connectivity index (χ4v) is 3.68. The molecule has 0 fully saturated rings. The van der Waals surface area contributed by atoms with Crippen LogP contribution in [0.4, 0.5) is 13.2 Å². The first-order chi connectivity index (χ1) is 13.0. The van der Waals surface area contributed by atoms with Gasteiger partial charge in [-0.05, 0) is 39.7 Å². The summed E-state index contributed by atoms with van der Waals surface area (Å²) in [5, 5.41) is 0.462. The molecule has 1 aliphatic rings. The van der Waals surface area contributed by atoms with Crippen LogP contribution in [0, 0.1) is 17.5 Å². The zero-order chi connectivity index (χ0) is 19.4. The van der Waals surface area contributed by atoms with Gasteiger partial charge in [-0.1, -0.05) is 34.1 Å². The third-order valence-electron chi connectivity index (χ3n) is 4.12. The van der Waals surface area contributed by atoms with Crippen molar-refractivity contribution in [3.8, 4) is 0 Å². The highest BCUT2D eigenvalue weighted by Crippen LogP contribution is 2.25. The van der Waals surface area contributed by atoms with E-state index < -0.39 is 11.6 Å². The summed E-state index contributed by atoms with van der Waals surface area (Å²) < 4.78 is 47.4. The Hall–Kier alpha value is -1.73. The summed E-state index contributed by atoms with van der Waals surface area (Å²) >= 11 is 6.75. The Labute approximate surface area is 172 Å². The standard InChI is InChI=1S/C20H16Br2F3NO/c21-9-13-2-1-3-14(20(13)25)10-26-7-6-19(17(22)11-26)27-12-15-4-5-16(23)8-18(15)24/h1-8H,9-12H2. The van der Waals surface area contributed by atoms with Gasteiger partial charge in [-0.15, -0.1) is 0 Å². The van der Waals surface area contributed by atoms with Crippen LogP contribution in [0.3, 0.4) is 0 Å². The molecule has 142 valence electrons. The van der Waals surface area contributed by atoms with Crippen LogP contribution in [-0.2, 0) is 23.2 Å². The predicted octanol–water partition coefficient (Wildman–Crippen LogP) is 6.15. The van der Waals surface area contributed by atoms with Gasteiger partial charge in [-0.3, -0.25) is 0 Å². The van der Waals surface area contributed by atoms with Crippen LogP contribution in [0.1, 0.15) is 16.7 Å². The summed E-state index contributed by atoms with van der Waals surface area (Å²) in [5.74, 6) is -0.919. The predicted molar refractivity (Wildman–Crippen MR) is 106 cm³/mol. The quantitative estimate of drug-likeness (QED) is 0.439. The summed E-state index contributed by atoms with van der Waals surface area (Å²) in [6.07, 6.45) is 3.54. The molecule has 1 aliphatic heterocycles. The highest BCUT2D eigenvalue weighted by Gasteiger charge is 2.16. The first-order valence-electron chi connectivity index (χ1n) is 8.17. The monoisotopic (exact) mass is 501 g/mol. The lowest BCUT2D eigenvalue weighted by atomic mass is 10.1. The highest BCUT2D eigenvalue weighted by molar-refractivity contribution is 9.11. The highest BCUT2D eigenvalue weighted by atomic mass is 79.9. The number of nitrogens with zero attached hydrogens (tertiary/aromatic N) is 1. The molecule has 0 aromatic heterocycles. The molecule has 0 saturated heterocycles. The maximum Gasteiger partial charge on any atom is 0.133 e. The second-order valence-corrected chi connectivity index (χ2v) is 7.56. The fraction of sp³-hybridized carbons (Fsp3) is 0.200. The summed E-state index contributed by atoms with van der Waals surface area (Å²) in [5.41, 5.74) is 1.50. The SMILES string of the molecule is Fc1ccc(COC2=C(Br)CN(Cc3cccc(CBr)c3F)C=C2)c(F)c1. The van der Waals surface area contributed by atoms with Gasteiger partial charge in [0.2, 0.25) is 0 Å². The minimum Gasteiger partial charge on any atom is -0.488 e. The van der Waals surface area contributed by atoms with E-state index in [1.807, 2.05) is 11.0 Å². The van der Waals surface area contributed by atoms with E-state index in [-0.39, 0.29) is 18.0 Å². The van der Waals surface area contributed by atoms with Gasteiger partial charge in [0.1, 0.15) is 29.8 Å². The number of hydrogen-bond donors (Lipinski definition) is 0. The van der Waals surface area contributed by atoms with E-state index in [0.717, 1.165) is 10.5 Å². The van der Waals surface area contributed by atoms with Crippen molar-refractivity contribution < 1.29 is 17.9 Å². The number of benzene rings is 2. The molecule has 2 aromatic carbocycles. The summed E-state index contributed by atoms with van der Waals surface area (Å²) in [7, 11) is 0. The molecule has 0 N–H and O–H groups in total. The molecule has 0 radical (unpaired) electrons. The maximum atomic E-state index is 14.4. The minimum absolute atomic E-state index is 0.0111. The number of allylic oxidation sites excluding steroid dienone is 1. The van der Waals surface area contributed by atoms with Gasteiger partial charge < -0.3 is 9.64 Å². The fourth-order valence-electron chi connectivity index (χ4n) is 2.68. The van der Waals surface area contributed by atoms with Gasteiger partial charge in [0.05, 0.1) is 11.0 Å². The van der Waals surface area contributed by atoms with Crippen molar-refractivity contribution in [3.05, 3.63) is 93.1 Å². The minimum atomic E-state index is -0.643. The number of hydrogen-bond acceptors (Lipinski definition) is 2. The third kappa shape index (κ3) is 4.96. The Balaban J connectivity index is 1.63. The van der Waals surface area contributed by atoms with E-state index >= 15 is 0 Å². The van der Waals surface area contributed by atoms with E-state index in [2.05, 4.69) is 31.9 Å². The van der Waals surface area contributed by atoms with Gasteiger partial charge in [-0.2, -0.15) is 0 Å². The molecule has 0 unspecified atom stereocenters. The smallest absolute Gasteiger partial charge is 0.133 e. The zero-order valence-electron chi connectivity index (χ0n) is 14.2. The molecule has 0 aliphatic carbocycles. The first-order valence-corrected chi connectivity index (χ1v) is 10.1. The topological polar surface area (TPSA) is 12.5 Å². The summed E-state index contributed by atoms with van der Waals surface area (Å²) in [6, 6.07) is 8.72.